The van der Waals surface area contributed by atoms with E-state index in [9.17, 15) is 29.4 Å². The van der Waals surface area contributed by atoms with Crippen molar-refractivity contribution in [3.8, 4) is 11.5 Å². The molecule has 9 nitrogen and oxygen atoms in total. The molecule has 0 aliphatic carbocycles. The van der Waals surface area contributed by atoms with E-state index in [4.69, 9.17) is 4.74 Å². The van der Waals surface area contributed by atoms with Crippen molar-refractivity contribution >= 4 is 35.6 Å². The predicted molar refractivity (Wildman–Crippen MR) is 97.1 cm³/mol. The van der Waals surface area contributed by atoms with Gasteiger partial charge in [-0.1, -0.05) is 6.07 Å². The molecular weight excluding hydrogens is 368 g/mol. The van der Waals surface area contributed by atoms with Crippen LogP contribution in [0.4, 0.5) is 10.5 Å². The molecule has 1 fully saturated rings. The van der Waals surface area contributed by atoms with Crippen LogP contribution in [-0.4, -0.2) is 41.1 Å². The first-order chi connectivity index (χ1) is 13.3. The topological polar surface area (TPSA) is 133 Å². The lowest BCUT2D eigenvalue weighted by Gasteiger charge is -2.26. The molecule has 0 atom stereocenters. The third kappa shape index (κ3) is 3.40. The van der Waals surface area contributed by atoms with Crippen molar-refractivity contribution in [1.29, 1.82) is 0 Å². The maximum atomic E-state index is 12.8. The number of carbonyl (C=O) groups excluding carboxylic acids is 3. The summed E-state index contributed by atoms with van der Waals surface area (Å²) in [4.78, 5) is 49.1. The van der Waals surface area contributed by atoms with E-state index in [0.29, 0.717) is 0 Å². The molecule has 0 spiro atoms. The molecule has 0 aromatic heterocycles. The Kier molecular flexibility index (Phi) is 4.82. The Balaban J connectivity index is 2.03. The van der Waals surface area contributed by atoms with E-state index in [2.05, 4.69) is 5.32 Å². The molecule has 142 valence electrons. The van der Waals surface area contributed by atoms with Crippen LogP contribution in [0.5, 0.6) is 11.5 Å². The second-order valence-electron chi connectivity index (χ2n) is 5.74. The standard InChI is InChI=1S/C19H14N2O7/c1-28-15-7-2-10(8-13(15)18(25)26)9-14-16(23)20-19(27)21(17(14)24)11-3-5-12(22)6-4-11/h2-9,22H,1H3,(H,25,26)(H,20,23,27)/b14-9-. The number of rotatable bonds is 4. The Labute approximate surface area is 158 Å². The molecule has 28 heavy (non-hydrogen) atoms. The zero-order valence-corrected chi connectivity index (χ0v) is 14.5. The van der Waals surface area contributed by atoms with E-state index in [-0.39, 0.29) is 33.9 Å². The lowest BCUT2D eigenvalue weighted by molar-refractivity contribution is -0.122. The highest BCUT2D eigenvalue weighted by Gasteiger charge is 2.36. The Morgan fingerprint density at radius 3 is 2.39 bits per heavy atom. The highest BCUT2D eigenvalue weighted by molar-refractivity contribution is 6.39. The van der Waals surface area contributed by atoms with Gasteiger partial charge in [-0.15, -0.1) is 0 Å². The van der Waals surface area contributed by atoms with Crippen molar-refractivity contribution in [2.45, 2.75) is 0 Å². The van der Waals surface area contributed by atoms with E-state index in [1.807, 2.05) is 0 Å². The fourth-order valence-electron chi connectivity index (χ4n) is 2.64. The Bertz CT molecular complexity index is 1030. The molecule has 1 saturated heterocycles. The molecule has 1 heterocycles. The molecular formula is C19H14N2O7. The summed E-state index contributed by atoms with van der Waals surface area (Å²) in [6.45, 7) is 0. The lowest BCUT2D eigenvalue weighted by atomic mass is 10.0. The number of barbiturate groups is 1. The number of imide groups is 2. The van der Waals surface area contributed by atoms with E-state index in [1.54, 1.807) is 0 Å². The number of carboxylic acids is 1. The molecule has 0 radical (unpaired) electrons. The van der Waals surface area contributed by atoms with Crippen molar-refractivity contribution in [2.24, 2.45) is 0 Å². The van der Waals surface area contributed by atoms with Gasteiger partial charge in [0.05, 0.1) is 12.8 Å². The van der Waals surface area contributed by atoms with Crippen LogP contribution in [0.25, 0.3) is 6.08 Å². The summed E-state index contributed by atoms with van der Waals surface area (Å²) in [6, 6.07) is 8.45. The van der Waals surface area contributed by atoms with Crippen LogP contribution < -0.4 is 15.0 Å². The van der Waals surface area contributed by atoms with Crippen LogP contribution in [-0.2, 0) is 9.59 Å². The minimum Gasteiger partial charge on any atom is -0.508 e. The number of phenols is 1. The number of benzene rings is 2. The van der Waals surface area contributed by atoms with E-state index >= 15 is 0 Å². The molecule has 1 aliphatic rings. The summed E-state index contributed by atoms with van der Waals surface area (Å²) in [7, 11) is 1.32. The van der Waals surface area contributed by atoms with Crippen LogP contribution in [0.1, 0.15) is 15.9 Å². The summed E-state index contributed by atoms with van der Waals surface area (Å²) < 4.78 is 4.97. The molecule has 0 bridgehead atoms. The van der Waals surface area contributed by atoms with Gasteiger partial charge in [0.15, 0.2) is 0 Å². The number of phenolic OH excluding ortho intramolecular Hbond substituents is 1. The smallest absolute Gasteiger partial charge is 0.339 e. The van der Waals surface area contributed by atoms with Gasteiger partial charge in [0.1, 0.15) is 22.6 Å². The average Bonchev–Trinajstić information content (AvgIpc) is 2.66. The number of carboxylic acid groups (broad SMARTS) is 1. The van der Waals surface area contributed by atoms with Gasteiger partial charge < -0.3 is 14.9 Å². The molecule has 3 rings (SSSR count). The van der Waals surface area contributed by atoms with Crippen LogP contribution in [0.2, 0.25) is 0 Å². The van der Waals surface area contributed by atoms with Gasteiger partial charge in [0, 0.05) is 0 Å². The summed E-state index contributed by atoms with van der Waals surface area (Å²) >= 11 is 0. The molecule has 2 aromatic carbocycles. The predicted octanol–water partition coefficient (Wildman–Crippen LogP) is 1.77. The van der Waals surface area contributed by atoms with Crippen molar-refractivity contribution in [3.05, 3.63) is 59.2 Å². The van der Waals surface area contributed by atoms with Crippen LogP contribution in [0.15, 0.2) is 48.0 Å². The SMILES string of the molecule is COc1ccc(/C=C2/C(=O)NC(=O)N(c3ccc(O)cc3)C2=O)cc1C(=O)O. The van der Waals surface area contributed by atoms with Crippen molar-refractivity contribution < 1.29 is 34.1 Å². The normalized spacial score (nSPS) is 15.5. The first-order valence-corrected chi connectivity index (χ1v) is 7.93. The largest absolute Gasteiger partial charge is 0.508 e. The number of hydrogen-bond acceptors (Lipinski definition) is 6. The summed E-state index contributed by atoms with van der Waals surface area (Å²) in [5, 5.41) is 20.7. The van der Waals surface area contributed by atoms with E-state index in [0.717, 1.165) is 4.90 Å². The molecule has 1 aliphatic heterocycles. The van der Waals surface area contributed by atoms with Gasteiger partial charge in [-0.05, 0) is 48.0 Å². The summed E-state index contributed by atoms with van der Waals surface area (Å²) in [6.07, 6.45) is 1.18. The second-order valence-corrected chi connectivity index (χ2v) is 5.74. The Morgan fingerprint density at radius 2 is 1.79 bits per heavy atom. The minimum atomic E-state index is -1.24. The fraction of sp³-hybridized carbons (Fsp3) is 0.0526. The molecule has 4 amide bonds. The first-order valence-electron chi connectivity index (χ1n) is 7.93. The fourth-order valence-corrected chi connectivity index (χ4v) is 2.64. The van der Waals surface area contributed by atoms with Gasteiger partial charge in [-0.25, -0.2) is 14.5 Å². The third-order valence-corrected chi connectivity index (χ3v) is 3.97. The second kappa shape index (κ2) is 7.23. The number of aromatic hydroxyl groups is 1. The summed E-state index contributed by atoms with van der Waals surface area (Å²) in [5.74, 6) is -2.96. The number of anilines is 1. The number of carbonyl (C=O) groups is 4. The van der Waals surface area contributed by atoms with Crippen molar-refractivity contribution in [3.63, 3.8) is 0 Å². The Morgan fingerprint density at radius 1 is 1.11 bits per heavy atom. The zero-order chi connectivity index (χ0) is 20.4. The lowest BCUT2D eigenvalue weighted by Crippen LogP contribution is -2.54. The quantitative estimate of drug-likeness (QED) is 0.542. The molecule has 0 saturated carbocycles. The number of methoxy groups -OCH3 is 1. The van der Waals surface area contributed by atoms with Crippen molar-refractivity contribution in [2.75, 3.05) is 12.0 Å². The van der Waals surface area contributed by atoms with Crippen molar-refractivity contribution in [1.82, 2.24) is 5.32 Å². The monoisotopic (exact) mass is 382 g/mol. The third-order valence-electron chi connectivity index (χ3n) is 3.97. The van der Waals surface area contributed by atoms with Crippen LogP contribution in [0, 0.1) is 0 Å². The molecule has 9 heteroatoms. The maximum absolute atomic E-state index is 12.8. The Hall–Kier alpha value is -4.14. The number of ether oxygens (including phenoxy) is 1. The number of aromatic carboxylic acids is 1. The number of hydrogen-bond donors (Lipinski definition) is 3. The van der Waals surface area contributed by atoms with Gasteiger partial charge in [0.25, 0.3) is 11.8 Å². The zero-order valence-electron chi connectivity index (χ0n) is 14.5. The van der Waals surface area contributed by atoms with E-state index < -0.39 is 23.8 Å². The maximum Gasteiger partial charge on any atom is 0.339 e. The number of urea groups is 1. The highest BCUT2D eigenvalue weighted by atomic mass is 16.5. The van der Waals surface area contributed by atoms with Gasteiger partial charge in [-0.2, -0.15) is 0 Å². The number of nitrogens with zero attached hydrogens (tertiary/aromatic N) is 1. The molecule has 2 aromatic rings. The molecule has 3 N–H and O–H groups in total. The molecule has 0 unspecified atom stereocenters. The van der Waals surface area contributed by atoms with Gasteiger partial charge >= 0.3 is 12.0 Å². The minimum absolute atomic E-state index is 0.0557. The van der Waals surface area contributed by atoms with E-state index in [1.165, 1.54) is 55.7 Å². The number of amides is 4. The average molecular weight is 382 g/mol. The summed E-state index contributed by atoms with van der Waals surface area (Å²) in [5.41, 5.74) is -0.0856. The first kappa shape index (κ1) is 18.6. The van der Waals surface area contributed by atoms with Gasteiger partial charge in [0.2, 0.25) is 0 Å². The highest BCUT2D eigenvalue weighted by Crippen LogP contribution is 2.25. The van der Waals surface area contributed by atoms with Crippen LogP contribution >= 0.6 is 0 Å². The number of nitrogens with one attached hydrogen (secondary N) is 1. The van der Waals surface area contributed by atoms with Gasteiger partial charge in [-0.3, -0.25) is 14.9 Å². The van der Waals surface area contributed by atoms with Crippen LogP contribution in [0.3, 0.4) is 0 Å².